The fourth-order valence-electron chi connectivity index (χ4n) is 3.44. The number of hydrogen-bond donors (Lipinski definition) is 1. The van der Waals surface area contributed by atoms with Crippen molar-refractivity contribution in [3.63, 3.8) is 0 Å². The highest BCUT2D eigenvalue weighted by molar-refractivity contribution is 6.09. The molecular formula is C24H30N2O3. The molecule has 3 rings (SSSR count). The first kappa shape index (κ1) is 20.9. The average molecular weight is 395 g/mol. The Labute approximate surface area is 173 Å². The molecule has 154 valence electrons. The van der Waals surface area contributed by atoms with Crippen LogP contribution < -0.4 is 15.0 Å². The van der Waals surface area contributed by atoms with Crippen LogP contribution in [-0.2, 0) is 22.6 Å². The zero-order valence-electron chi connectivity index (χ0n) is 17.3. The summed E-state index contributed by atoms with van der Waals surface area (Å²) >= 11 is 0. The number of nitrogens with zero attached hydrogens (tertiary/aromatic N) is 1. The number of ether oxygens (including phenoxy) is 1. The maximum Gasteiger partial charge on any atom is 0.239 e. The van der Waals surface area contributed by atoms with E-state index in [0.717, 1.165) is 36.3 Å². The Balaban J connectivity index is 1.51. The van der Waals surface area contributed by atoms with Crippen molar-refractivity contribution in [2.24, 2.45) is 5.92 Å². The fourth-order valence-corrected chi connectivity index (χ4v) is 3.44. The van der Waals surface area contributed by atoms with E-state index in [1.807, 2.05) is 48.5 Å². The van der Waals surface area contributed by atoms with Gasteiger partial charge in [-0.2, -0.15) is 0 Å². The van der Waals surface area contributed by atoms with Gasteiger partial charge in [0.05, 0.1) is 6.61 Å². The topological polar surface area (TPSA) is 58.6 Å². The molecular weight excluding hydrogens is 364 g/mol. The van der Waals surface area contributed by atoms with E-state index in [1.165, 1.54) is 5.56 Å². The largest absolute Gasteiger partial charge is 0.494 e. The molecule has 2 aromatic carbocycles. The summed E-state index contributed by atoms with van der Waals surface area (Å²) in [6.07, 6.45) is 3.65. The summed E-state index contributed by atoms with van der Waals surface area (Å²) in [4.78, 5) is 27.0. The Morgan fingerprint density at radius 1 is 1.07 bits per heavy atom. The maximum absolute atomic E-state index is 12.7. The van der Waals surface area contributed by atoms with Crippen molar-refractivity contribution < 1.29 is 14.3 Å². The smallest absolute Gasteiger partial charge is 0.239 e. The summed E-state index contributed by atoms with van der Waals surface area (Å²) in [6.45, 7) is 5.93. The van der Waals surface area contributed by atoms with Crippen LogP contribution in [0.1, 0.15) is 44.2 Å². The molecule has 0 radical (unpaired) electrons. The molecule has 2 aromatic rings. The van der Waals surface area contributed by atoms with Crippen LogP contribution in [0.5, 0.6) is 5.75 Å². The van der Waals surface area contributed by atoms with E-state index >= 15 is 0 Å². The molecule has 1 aliphatic heterocycles. The summed E-state index contributed by atoms with van der Waals surface area (Å²) in [5.41, 5.74) is 3.08. The molecule has 1 fully saturated rings. The third kappa shape index (κ3) is 5.37. The lowest BCUT2D eigenvalue weighted by molar-refractivity contribution is -0.132. The Morgan fingerprint density at radius 3 is 2.41 bits per heavy atom. The first-order valence-electron chi connectivity index (χ1n) is 10.5. The number of carbonyl (C=O) groups excluding carboxylic acids is 2. The molecule has 1 heterocycles. The van der Waals surface area contributed by atoms with Gasteiger partial charge in [0, 0.05) is 18.8 Å². The standard InChI is InChI=1S/C24H30N2O3/c1-3-5-16-29-21-12-8-19(9-13-21)17-25-23(27)22-14-15-26(24(22)28)20-10-6-18(4-2)7-11-20/h6-13,22H,3-5,14-17H2,1-2H3,(H,25,27). The molecule has 1 N–H and O–H groups in total. The predicted molar refractivity (Wildman–Crippen MR) is 115 cm³/mol. The highest BCUT2D eigenvalue weighted by atomic mass is 16.5. The van der Waals surface area contributed by atoms with Gasteiger partial charge in [-0.1, -0.05) is 44.5 Å². The van der Waals surface area contributed by atoms with E-state index in [4.69, 9.17) is 4.74 Å². The van der Waals surface area contributed by atoms with Crippen molar-refractivity contribution in [1.82, 2.24) is 5.32 Å². The molecule has 0 spiro atoms. The summed E-state index contributed by atoms with van der Waals surface area (Å²) in [7, 11) is 0. The van der Waals surface area contributed by atoms with Crippen molar-refractivity contribution in [3.05, 3.63) is 59.7 Å². The van der Waals surface area contributed by atoms with E-state index in [1.54, 1.807) is 4.90 Å². The SMILES string of the molecule is CCCCOc1ccc(CNC(=O)C2CCN(c3ccc(CC)cc3)C2=O)cc1. The van der Waals surface area contributed by atoms with Crippen LogP contribution in [0.15, 0.2) is 48.5 Å². The van der Waals surface area contributed by atoms with Gasteiger partial charge in [-0.15, -0.1) is 0 Å². The number of aryl methyl sites for hydroxylation is 1. The van der Waals surface area contributed by atoms with Gasteiger partial charge in [0.2, 0.25) is 11.8 Å². The number of carbonyl (C=O) groups is 2. The van der Waals surface area contributed by atoms with Gasteiger partial charge >= 0.3 is 0 Å². The van der Waals surface area contributed by atoms with Gasteiger partial charge in [-0.25, -0.2) is 0 Å². The second-order valence-electron chi connectivity index (χ2n) is 7.41. The van der Waals surface area contributed by atoms with E-state index in [0.29, 0.717) is 26.1 Å². The van der Waals surface area contributed by atoms with Crippen LogP contribution in [0.2, 0.25) is 0 Å². The third-order valence-corrected chi connectivity index (χ3v) is 5.33. The van der Waals surface area contributed by atoms with Gasteiger partial charge in [0.15, 0.2) is 0 Å². The summed E-state index contributed by atoms with van der Waals surface area (Å²) in [5, 5.41) is 2.91. The van der Waals surface area contributed by atoms with Crippen molar-refractivity contribution in [3.8, 4) is 5.75 Å². The van der Waals surface area contributed by atoms with Crippen LogP contribution in [0, 0.1) is 5.92 Å². The maximum atomic E-state index is 12.7. The minimum Gasteiger partial charge on any atom is -0.494 e. The highest BCUT2D eigenvalue weighted by Crippen LogP contribution is 2.26. The van der Waals surface area contributed by atoms with Crippen LogP contribution in [0.3, 0.4) is 0 Å². The zero-order valence-corrected chi connectivity index (χ0v) is 17.3. The number of anilines is 1. The molecule has 0 saturated carbocycles. The van der Waals surface area contributed by atoms with Crippen molar-refractivity contribution in [2.45, 2.75) is 46.1 Å². The van der Waals surface area contributed by atoms with Gasteiger partial charge in [0.1, 0.15) is 11.7 Å². The number of unbranched alkanes of at least 4 members (excludes halogenated alkanes) is 1. The normalized spacial score (nSPS) is 16.1. The highest BCUT2D eigenvalue weighted by Gasteiger charge is 2.37. The Bertz CT molecular complexity index is 815. The molecule has 29 heavy (non-hydrogen) atoms. The molecule has 1 unspecified atom stereocenters. The van der Waals surface area contributed by atoms with Crippen LogP contribution in [-0.4, -0.2) is 25.0 Å². The van der Waals surface area contributed by atoms with Crippen molar-refractivity contribution in [2.75, 3.05) is 18.1 Å². The molecule has 0 aliphatic carbocycles. The molecule has 5 heteroatoms. The number of benzene rings is 2. The Kier molecular flexibility index (Phi) is 7.28. The minimum atomic E-state index is -0.613. The average Bonchev–Trinajstić information content (AvgIpc) is 3.14. The summed E-state index contributed by atoms with van der Waals surface area (Å²) in [6, 6.07) is 15.7. The van der Waals surface area contributed by atoms with Gasteiger partial charge in [0.25, 0.3) is 0 Å². The molecule has 2 amide bonds. The summed E-state index contributed by atoms with van der Waals surface area (Å²) < 4.78 is 5.65. The fraction of sp³-hybridized carbons (Fsp3) is 0.417. The number of hydrogen-bond acceptors (Lipinski definition) is 3. The number of rotatable bonds is 9. The lowest BCUT2D eigenvalue weighted by atomic mass is 10.1. The lowest BCUT2D eigenvalue weighted by Crippen LogP contribution is -2.36. The van der Waals surface area contributed by atoms with Crippen LogP contribution >= 0.6 is 0 Å². The van der Waals surface area contributed by atoms with Gasteiger partial charge < -0.3 is 15.0 Å². The first-order valence-corrected chi connectivity index (χ1v) is 10.5. The van der Waals surface area contributed by atoms with E-state index in [-0.39, 0.29) is 11.8 Å². The first-order chi connectivity index (χ1) is 14.1. The minimum absolute atomic E-state index is 0.119. The Hall–Kier alpha value is -2.82. The molecule has 0 bridgehead atoms. The predicted octanol–water partition coefficient (Wildman–Crippen LogP) is 4.10. The second-order valence-corrected chi connectivity index (χ2v) is 7.41. The quantitative estimate of drug-likeness (QED) is 0.515. The molecule has 1 atom stereocenters. The summed E-state index contributed by atoms with van der Waals surface area (Å²) in [5.74, 6) is -0.0981. The molecule has 1 aliphatic rings. The molecule has 5 nitrogen and oxygen atoms in total. The van der Waals surface area contributed by atoms with Crippen LogP contribution in [0.25, 0.3) is 0 Å². The second kappa shape index (κ2) is 10.1. The number of nitrogens with one attached hydrogen (secondary N) is 1. The van der Waals surface area contributed by atoms with E-state index in [2.05, 4.69) is 19.2 Å². The van der Waals surface area contributed by atoms with Crippen molar-refractivity contribution >= 4 is 17.5 Å². The Morgan fingerprint density at radius 2 is 1.76 bits per heavy atom. The van der Waals surface area contributed by atoms with Gasteiger partial charge in [-0.3, -0.25) is 9.59 Å². The van der Waals surface area contributed by atoms with E-state index < -0.39 is 5.92 Å². The van der Waals surface area contributed by atoms with E-state index in [9.17, 15) is 9.59 Å². The van der Waals surface area contributed by atoms with Crippen LogP contribution in [0.4, 0.5) is 5.69 Å². The zero-order chi connectivity index (χ0) is 20.6. The third-order valence-electron chi connectivity index (χ3n) is 5.33. The number of amides is 2. The molecule has 1 saturated heterocycles. The van der Waals surface area contributed by atoms with Crippen molar-refractivity contribution in [1.29, 1.82) is 0 Å². The lowest BCUT2D eigenvalue weighted by Gasteiger charge is -2.17. The van der Waals surface area contributed by atoms with Gasteiger partial charge in [-0.05, 0) is 54.7 Å². The monoisotopic (exact) mass is 394 g/mol. The molecule has 0 aromatic heterocycles.